The smallest absolute Gasteiger partial charge is 0.314 e. The summed E-state index contributed by atoms with van der Waals surface area (Å²) in [5, 5.41) is 6.03. The van der Waals surface area contributed by atoms with E-state index >= 15 is 0 Å². The van der Waals surface area contributed by atoms with Crippen molar-refractivity contribution in [3.05, 3.63) is 12.2 Å². The standard InChI is InChI=1S/C17H28N2O3/c20-16(18-12-14-4-2-1-3-5-14)19-13-15-6-8-17(9-7-15)21-10-11-22-17/h1-2,14-15H,3-13H2,(H2,18,19,20)/t14-/m1/s1. The maximum Gasteiger partial charge on any atom is 0.314 e. The first-order valence-electron chi connectivity index (χ1n) is 8.70. The predicted molar refractivity (Wildman–Crippen MR) is 84.5 cm³/mol. The van der Waals surface area contributed by atoms with E-state index in [2.05, 4.69) is 22.8 Å². The quantitative estimate of drug-likeness (QED) is 0.785. The maximum atomic E-state index is 11.9. The van der Waals surface area contributed by atoms with E-state index in [1.165, 1.54) is 6.42 Å². The molecule has 2 fully saturated rings. The van der Waals surface area contributed by atoms with Crippen LogP contribution < -0.4 is 10.6 Å². The first kappa shape index (κ1) is 15.8. The van der Waals surface area contributed by atoms with Crippen LogP contribution in [0.3, 0.4) is 0 Å². The van der Waals surface area contributed by atoms with Crippen molar-refractivity contribution < 1.29 is 14.3 Å². The second-order valence-corrected chi connectivity index (χ2v) is 6.79. The van der Waals surface area contributed by atoms with Gasteiger partial charge in [0, 0.05) is 25.9 Å². The topological polar surface area (TPSA) is 59.6 Å². The average molecular weight is 308 g/mol. The molecule has 0 radical (unpaired) electrons. The highest BCUT2D eigenvalue weighted by molar-refractivity contribution is 5.73. The molecule has 0 aromatic heterocycles. The number of allylic oxidation sites excluding steroid dienone is 2. The Morgan fingerprint density at radius 1 is 1.00 bits per heavy atom. The van der Waals surface area contributed by atoms with E-state index in [0.717, 1.165) is 64.8 Å². The molecule has 1 saturated heterocycles. The van der Waals surface area contributed by atoms with Crippen LogP contribution in [0.2, 0.25) is 0 Å². The highest BCUT2D eigenvalue weighted by atomic mass is 16.7. The minimum absolute atomic E-state index is 0.0248. The minimum Gasteiger partial charge on any atom is -0.348 e. The normalized spacial score (nSPS) is 27.9. The second kappa shape index (κ2) is 7.47. The number of ether oxygens (including phenoxy) is 2. The van der Waals surface area contributed by atoms with Gasteiger partial charge in [0.05, 0.1) is 13.2 Å². The Bertz CT molecular complexity index is 395. The SMILES string of the molecule is O=C(NCC1CCC2(CC1)OCCO2)NC[C@@H]1CC=CCC1. The molecule has 1 heterocycles. The zero-order valence-electron chi connectivity index (χ0n) is 13.3. The number of urea groups is 1. The molecule has 1 atom stereocenters. The summed E-state index contributed by atoms with van der Waals surface area (Å²) in [6.45, 7) is 2.99. The van der Waals surface area contributed by atoms with Gasteiger partial charge in [-0.15, -0.1) is 0 Å². The molecule has 5 nitrogen and oxygen atoms in total. The van der Waals surface area contributed by atoms with Gasteiger partial charge in [0.25, 0.3) is 0 Å². The van der Waals surface area contributed by atoms with Crippen LogP contribution in [0.25, 0.3) is 0 Å². The van der Waals surface area contributed by atoms with Gasteiger partial charge in [-0.2, -0.15) is 0 Å². The average Bonchev–Trinajstić information content (AvgIpc) is 3.02. The summed E-state index contributed by atoms with van der Waals surface area (Å²) in [4.78, 5) is 11.9. The molecule has 1 aliphatic heterocycles. The largest absolute Gasteiger partial charge is 0.348 e. The molecule has 0 unspecified atom stereocenters. The van der Waals surface area contributed by atoms with Gasteiger partial charge in [-0.1, -0.05) is 12.2 Å². The Morgan fingerprint density at radius 2 is 1.68 bits per heavy atom. The highest BCUT2D eigenvalue weighted by Gasteiger charge is 2.40. The van der Waals surface area contributed by atoms with Crippen LogP contribution in [0.4, 0.5) is 4.79 Å². The molecule has 3 rings (SSSR count). The number of carbonyl (C=O) groups is 1. The number of nitrogens with one attached hydrogen (secondary N) is 2. The van der Waals surface area contributed by atoms with Gasteiger partial charge in [-0.3, -0.25) is 0 Å². The molecule has 124 valence electrons. The van der Waals surface area contributed by atoms with E-state index in [1.807, 2.05) is 0 Å². The predicted octanol–water partition coefficient (Wildman–Crippen LogP) is 2.58. The Kier molecular flexibility index (Phi) is 5.37. The molecule has 5 heteroatoms. The van der Waals surface area contributed by atoms with Crippen molar-refractivity contribution in [2.75, 3.05) is 26.3 Å². The second-order valence-electron chi connectivity index (χ2n) is 6.79. The highest BCUT2D eigenvalue weighted by Crippen LogP contribution is 2.37. The Balaban J connectivity index is 1.29. The van der Waals surface area contributed by atoms with E-state index in [9.17, 15) is 4.79 Å². The van der Waals surface area contributed by atoms with Crippen molar-refractivity contribution in [1.29, 1.82) is 0 Å². The lowest BCUT2D eigenvalue weighted by Gasteiger charge is -2.35. The molecule has 3 aliphatic rings. The molecule has 2 amide bonds. The third kappa shape index (κ3) is 4.23. The molecule has 2 aliphatic carbocycles. The minimum atomic E-state index is -0.298. The summed E-state index contributed by atoms with van der Waals surface area (Å²) < 4.78 is 11.5. The van der Waals surface area contributed by atoms with Gasteiger partial charge in [0.2, 0.25) is 0 Å². The van der Waals surface area contributed by atoms with E-state index in [4.69, 9.17) is 9.47 Å². The van der Waals surface area contributed by atoms with Crippen LogP contribution in [0, 0.1) is 11.8 Å². The fourth-order valence-corrected chi connectivity index (χ4v) is 3.69. The molecule has 2 N–H and O–H groups in total. The summed E-state index contributed by atoms with van der Waals surface area (Å²) in [6, 6.07) is -0.0248. The van der Waals surface area contributed by atoms with Crippen LogP contribution in [-0.4, -0.2) is 38.1 Å². The van der Waals surface area contributed by atoms with Gasteiger partial charge < -0.3 is 20.1 Å². The van der Waals surface area contributed by atoms with Crippen LogP contribution in [0.5, 0.6) is 0 Å². The Hall–Kier alpha value is -1.07. The monoisotopic (exact) mass is 308 g/mol. The van der Waals surface area contributed by atoms with Gasteiger partial charge in [0.1, 0.15) is 0 Å². The summed E-state index contributed by atoms with van der Waals surface area (Å²) in [7, 11) is 0. The molecule has 0 aromatic rings. The van der Waals surface area contributed by atoms with Crippen molar-refractivity contribution in [3.63, 3.8) is 0 Å². The molecule has 1 saturated carbocycles. The molecule has 1 spiro atoms. The summed E-state index contributed by atoms with van der Waals surface area (Å²) >= 11 is 0. The van der Waals surface area contributed by atoms with Gasteiger partial charge >= 0.3 is 6.03 Å². The molecular formula is C17H28N2O3. The maximum absolute atomic E-state index is 11.9. The van der Waals surface area contributed by atoms with Crippen molar-refractivity contribution in [2.45, 2.75) is 50.7 Å². The number of amides is 2. The molecular weight excluding hydrogens is 280 g/mol. The first-order valence-corrected chi connectivity index (χ1v) is 8.70. The summed E-state index contributed by atoms with van der Waals surface area (Å²) in [5.41, 5.74) is 0. The van der Waals surface area contributed by atoms with Crippen molar-refractivity contribution in [3.8, 4) is 0 Å². The lowest BCUT2D eigenvalue weighted by molar-refractivity contribution is -0.182. The number of hydrogen-bond donors (Lipinski definition) is 2. The lowest BCUT2D eigenvalue weighted by Crippen LogP contribution is -2.42. The molecule has 0 bridgehead atoms. The van der Waals surface area contributed by atoms with Crippen LogP contribution in [0.1, 0.15) is 44.9 Å². The third-order valence-electron chi connectivity index (χ3n) is 5.16. The fraction of sp³-hybridized carbons (Fsp3) is 0.824. The Morgan fingerprint density at radius 3 is 2.32 bits per heavy atom. The number of carbonyl (C=O) groups excluding carboxylic acids is 1. The van der Waals surface area contributed by atoms with Gasteiger partial charge in [-0.05, 0) is 43.9 Å². The van der Waals surface area contributed by atoms with E-state index in [-0.39, 0.29) is 11.8 Å². The van der Waals surface area contributed by atoms with Crippen molar-refractivity contribution >= 4 is 6.03 Å². The number of rotatable bonds is 4. The lowest BCUT2D eigenvalue weighted by atomic mass is 9.85. The zero-order valence-corrected chi connectivity index (χ0v) is 13.3. The van der Waals surface area contributed by atoms with Crippen molar-refractivity contribution in [1.82, 2.24) is 10.6 Å². The van der Waals surface area contributed by atoms with Crippen molar-refractivity contribution in [2.24, 2.45) is 11.8 Å². The van der Waals surface area contributed by atoms with E-state index < -0.39 is 0 Å². The van der Waals surface area contributed by atoms with Crippen LogP contribution in [0.15, 0.2) is 12.2 Å². The van der Waals surface area contributed by atoms with E-state index in [1.54, 1.807) is 0 Å². The van der Waals surface area contributed by atoms with Crippen LogP contribution >= 0.6 is 0 Å². The third-order valence-corrected chi connectivity index (χ3v) is 5.16. The van der Waals surface area contributed by atoms with Crippen LogP contribution in [-0.2, 0) is 9.47 Å². The molecule has 0 aromatic carbocycles. The van der Waals surface area contributed by atoms with Gasteiger partial charge in [0.15, 0.2) is 5.79 Å². The summed E-state index contributed by atoms with van der Waals surface area (Å²) in [5.74, 6) is 0.844. The first-order chi connectivity index (χ1) is 10.8. The van der Waals surface area contributed by atoms with Gasteiger partial charge in [-0.25, -0.2) is 4.79 Å². The molecule has 22 heavy (non-hydrogen) atoms. The zero-order chi connectivity index (χ0) is 15.3. The van der Waals surface area contributed by atoms with E-state index in [0.29, 0.717) is 11.8 Å². The fourth-order valence-electron chi connectivity index (χ4n) is 3.69. The summed E-state index contributed by atoms with van der Waals surface area (Å²) in [6.07, 6.45) is 11.9. The Labute approximate surface area is 132 Å². The number of hydrogen-bond acceptors (Lipinski definition) is 3.